The van der Waals surface area contributed by atoms with Crippen LogP contribution >= 0.6 is 0 Å². The van der Waals surface area contributed by atoms with Gasteiger partial charge in [-0.3, -0.25) is 4.79 Å². The molecule has 20 heavy (non-hydrogen) atoms. The minimum atomic E-state index is -0.390. The second kappa shape index (κ2) is 6.16. The van der Waals surface area contributed by atoms with Crippen LogP contribution < -0.4 is 11.1 Å². The summed E-state index contributed by atoms with van der Waals surface area (Å²) >= 11 is 0. The van der Waals surface area contributed by atoms with E-state index in [0.29, 0.717) is 16.8 Å². The summed E-state index contributed by atoms with van der Waals surface area (Å²) in [6.07, 6.45) is 0.129. The Kier molecular flexibility index (Phi) is 4.32. The van der Waals surface area contributed by atoms with E-state index in [1.54, 1.807) is 12.1 Å². The maximum Gasteiger partial charge on any atom is 0.228 e. The highest BCUT2D eigenvalue weighted by atomic mass is 19.1. The van der Waals surface area contributed by atoms with Crippen LogP contribution in [0.1, 0.15) is 11.1 Å². The van der Waals surface area contributed by atoms with Crippen molar-refractivity contribution in [2.24, 2.45) is 5.73 Å². The number of phenols is 1. The average molecular weight is 274 g/mol. The van der Waals surface area contributed by atoms with E-state index in [1.807, 2.05) is 0 Å². The molecule has 4 N–H and O–H groups in total. The van der Waals surface area contributed by atoms with E-state index in [4.69, 9.17) is 5.73 Å². The lowest BCUT2D eigenvalue weighted by atomic mass is 10.1. The first-order chi connectivity index (χ1) is 9.58. The van der Waals surface area contributed by atoms with E-state index in [0.717, 1.165) is 0 Å². The quantitative estimate of drug-likeness (QED) is 0.799. The Hall–Kier alpha value is -2.40. The Morgan fingerprint density at radius 3 is 2.75 bits per heavy atom. The van der Waals surface area contributed by atoms with E-state index in [2.05, 4.69) is 5.32 Å². The van der Waals surface area contributed by atoms with Crippen LogP contribution in [-0.4, -0.2) is 11.0 Å². The van der Waals surface area contributed by atoms with Gasteiger partial charge in [-0.15, -0.1) is 0 Å². The fourth-order valence-corrected chi connectivity index (χ4v) is 1.87. The van der Waals surface area contributed by atoms with Gasteiger partial charge in [-0.1, -0.05) is 12.1 Å². The summed E-state index contributed by atoms with van der Waals surface area (Å²) in [6.45, 7) is 0.0715. The Morgan fingerprint density at radius 2 is 2.05 bits per heavy atom. The minimum absolute atomic E-state index is 0.0715. The van der Waals surface area contributed by atoms with Crippen LogP contribution in [0.3, 0.4) is 0 Å². The molecule has 0 aliphatic heterocycles. The molecular formula is C15H15FN2O2. The van der Waals surface area contributed by atoms with Crippen LogP contribution in [0.4, 0.5) is 10.1 Å². The molecule has 5 heteroatoms. The van der Waals surface area contributed by atoms with Gasteiger partial charge in [0.05, 0.1) is 6.42 Å². The molecule has 0 saturated carbocycles. The number of nitrogens with two attached hydrogens (primary N) is 1. The first-order valence-corrected chi connectivity index (χ1v) is 6.15. The Balaban J connectivity index is 2.04. The molecule has 0 fully saturated rings. The van der Waals surface area contributed by atoms with Crippen LogP contribution in [0.2, 0.25) is 0 Å². The zero-order valence-corrected chi connectivity index (χ0v) is 10.8. The van der Waals surface area contributed by atoms with Gasteiger partial charge >= 0.3 is 0 Å². The summed E-state index contributed by atoms with van der Waals surface area (Å²) in [6, 6.07) is 10.7. The lowest BCUT2D eigenvalue weighted by Crippen LogP contribution is -2.15. The molecule has 0 aromatic heterocycles. The molecule has 0 spiro atoms. The Bertz CT molecular complexity index is 629. The molecule has 2 rings (SSSR count). The molecule has 0 heterocycles. The molecule has 2 aromatic carbocycles. The number of benzene rings is 2. The molecule has 4 nitrogen and oxygen atoms in total. The van der Waals surface area contributed by atoms with Crippen molar-refractivity contribution in [1.29, 1.82) is 0 Å². The predicted octanol–water partition coefficient (Wildman–Crippen LogP) is 2.17. The van der Waals surface area contributed by atoms with Gasteiger partial charge in [0.25, 0.3) is 0 Å². The van der Waals surface area contributed by atoms with E-state index >= 15 is 0 Å². The number of anilines is 1. The highest BCUT2D eigenvalue weighted by molar-refractivity contribution is 5.92. The second-order valence-corrected chi connectivity index (χ2v) is 4.41. The van der Waals surface area contributed by atoms with Crippen molar-refractivity contribution >= 4 is 11.6 Å². The highest BCUT2D eigenvalue weighted by Crippen LogP contribution is 2.16. The summed E-state index contributed by atoms with van der Waals surface area (Å²) in [5.74, 6) is -0.522. The minimum Gasteiger partial charge on any atom is -0.508 e. The van der Waals surface area contributed by atoms with Crippen molar-refractivity contribution in [2.75, 3.05) is 5.32 Å². The number of carbonyl (C=O) groups excluding carboxylic acids is 1. The van der Waals surface area contributed by atoms with Crippen LogP contribution in [0.5, 0.6) is 5.75 Å². The molecule has 0 unspecified atom stereocenters. The normalized spacial score (nSPS) is 10.3. The van der Waals surface area contributed by atoms with Gasteiger partial charge in [-0.05, 0) is 35.9 Å². The SMILES string of the molecule is NCc1cc(NC(=O)Cc2cccc(O)c2)ccc1F. The third-order valence-electron chi connectivity index (χ3n) is 2.82. The van der Waals surface area contributed by atoms with E-state index in [1.165, 1.54) is 30.3 Å². The van der Waals surface area contributed by atoms with Crippen molar-refractivity contribution in [3.63, 3.8) is 0 Å². The Morgan fingerprint density at radius 1 is 1.25 bits per heavy atom. The number of carbonyl (C=O) groups is 1. The standard InChI is InChI=1S/C15H15FN2O2/c16-14-5-4-12(8-11(14)9-17)18-15(20)7-10-2-1-3-13(19)6-10/h1-6,8,19H,7,9,17H2,(H,18,20). The van der Waals surface area contributed by atoms with Crippen molar-refractivity contribution in [1.82, 2.24) is 0 Å². The molecular weight excluding hydrogens is 259 g/mol. The molecule has 0 saturated heterocycles. The first kappa shape index (κ1) is 14.0. The van der Waals surface area contributed by atoms with Crippen molar-refractivity contribution in [3.8, 4) is 5.75 Å². The van der Waals surface area contributed by atoms with Gasteiger partial charge in [-0.2, -0.15) is 0 Å². The first-order valence-electron chi connectivity index (χ1n) is 6.15. The topological polar surface area (TPSA) is 75.3 Å². The number of hydrogen-bond donors (Lipinski definition) is 3. The number of aromatic hydroxyl groups is 1. The smallest absolute Gasteiger partial charge is 0.228 e. The highest BCUT2D eigenvalue weighted by Gasteiger charge is 2.07. The fraction of sp³-hybridized carbons (Fsp3) is 0.133. The predicted molar refractivity (Wildman–Crippen MR) is 74.7 cm³/mol. The average Bonchev–Trinajstić information content (AvgIpc) is 2.41. The number of rotatable bonds is 4. The van der Waals surface area contributed by atoms with Crippen LogP contribution in [0.15, 0.2) is 42.5 Å². The van der Waals surface area contributed by atoms with Gasteiger partial charge in [0.1, 0.15) is 11.6 Å². The van der Waals surface area contributed by atoms with Crippen molar-refractivity contribution in [2.45, 2.75) is 13.0 Å². The molecule has 104 valence electrons. The molecule has 0 aliphatic rings. The lowest BCUT2D eigenvalue weighted by Gasteiger charge is -2.08. The van der Waals surface area contributed by atoms with E-state index < -0.39 is 5.82 Å². The largest absolute Gasteiger partial charge is 0.508 e. The van der Waals surface area contributed by atoms with Gasteiger partial charge in [0.15, 0.2) is 0 Å². The third-order valence-corrected chi connectivity index (χ3v) is 2.82. The summed E-state index contributed by atoms with van der Waals surface area (Å²) < 4.78 is 13.3. The van der Waals surface area contributed by atoms with Crippen LogP contribution in [0.25, 0.3) is 0 Å². The number of halogens is 1. The maximum atomic E-state index is 13.3. The number of nitrogens with one attached hydrogen (secondary N) is 1. The van der Waals surface area contributed by atoms with Crippen LogP contribution in [-0.2, 0) is 17.8 Å². The summed E-state index contributed by atoms with van der Waals surface area (Å²) in [4.78, 5) is 11.9. The summed E-state index contributed by atoms with van der Waals surface area (Å²) in [5, 5.41) is 12.0. The third kappa shape index (κ3) is 3.55. The second-order valence-electron chi connectivity index (χ2n) is 4.41. The van der Waals surface area contributed by atoms with Crippen molar-refractivity contribution in [3.05, 3.63) is 59.4 Å². The molecule has 0 atom stereocenters. The summed E-state index contributed by atoms with van der Waals surface area (Å²) in [7, 11) is 0. The van der Waals surface area contributed by atoms with Gasteiger partial charge in [-0.25, -0.2) is 4.39 Å². The summed E-state index contributed by atoms with van der Waals surface area (Å²) in [5.41, 5.74) is 6.95. The zero-order valence-electron chi connectivity index (χ0n) is 10.8. The van der Waals surface area contributed by atoms with Crippen molar-refractivity contribution < 1.29 is 14.3 Å². The molecule has 2 aromatic rings. The van der Waals surface area contributed by atoms with E-state index in [-0.39, 0.29) is 24.6 Å². The molecule has 0 bridgehead atoms. The maximum absolute atomic E-state index is 13.3. The van der Waals surface area contributed by atoms with E-state index in [9.17, 15) is 14.3 Å². The van der Waals surface area contributed by atoms with Gasteiger partial charge in [0.2, 0.25) is 5.91 Å². The lowest BCUT2D eigenvalue weighted by molar-refractivity contribution is -0.115. The molecule has 0 radical (unpaired) electrons. The number of amides is 1. The number of phenolic OH excluding ortho intramolecular Hbond substituents is 1. The van der Waals surface area contributed by atoms with Crippen LogP contribution in [0, 0.1) is 5.82 Å². The Labute approximate surface area is 116 Å². The van der Waals surface area contributed by atoms with Gasteiger partial charge < -0.3 is 16.2 Å². The molecule has 1 amide bonds. The zero-order chi connectivity index (χ0) is 14.5. The monoisotopic (exact) mass is 274 g/mol. The molecule has 0 aliphatic carbocycles. The van der Waals surface area contributed by atoms with Gasteiger partial charge in [0, 0.05) is 17.8 Å². The fourth-order valence-electron chi connectivity index (χ4n) is 1.87. The number of hydrogen-bond acceptors (Lipinski definition) is 3.